The zero-order chi connectivity index (χ0) is 15.3. The van der Waals surface area contributed by atoms with E-state index in [1.807, 2.05) is 17.6 Å². The third kappa shape index (κ3) is 2.02. The summed E-state index contributed by atoms with van der Waals surface area (Å²) < 4.78 is 1.97. The van der Waals surface area contributed by atoms with Gasteiger partial charge in [-0.15, -0.1) is 0 Å². The van der Waals surface area contributed by atoms with Gasteiger partial charge in [0.25, 0.3) is 0 Å². The molecule has 2 aromatic rings. The predicted molar refractivity (Wildman–Crippen MR) is 86.1 cm³/mol. The first kappa shape index (κ1) is 14.0. The number of aliphatic hydroxyl groups is 1. The first-order valence-electron chi connectivity index (χ1n) is 8.24. The van der Waals surface area contributed by atoms with Crippen molar-refractivity contribution in [1.29, 1.82) is 0 Å². The fraction of sp³-hybridized carbons (Fsp3) is 0.500. The molecule has 0 fully saturated rings. The van der Waals surface area contributed by atoms with Crippen molar-refractivity contribution in [2.24, 2.45) is 0 Å². The molecule has 2 aliphatic rings. The van der Waals surface area contributed by atoms with E-state index >= 15 is 0 Å². The fourth-order valence-corrected chi connectivity index (χ4v) is 4.10. The molecule has 2 aliphatic heterocycles. The summed E-state index contributed by atoms with van der Waals surface area (Å²) in [5.41, 5.74) is 3.65. The second kappa shape index (κ2) is 5.21. The molecule has 0 saturated carbocycles. The maximum Gasteiger partial charge on any atom is 0.231 e. The Bertz CT molecular complexity index is 732. The summed E-state index contributed by atoms with van der Waals surface area (Å²) in [6.07, 6.45) is 3.03. The second-order valence-corrected chi connectivity index (χ2v) is 6.59. The quantitative estimate of drug-likeness (QED) is 0.947. The Morgan fingerprint density at radius 3 is 2.95 bits per heavy atom. The lowest BCUT2D eigenvalue weighted by molar-refractivity contribution is 0.0780. The molecule has 4 heteroatoms. The third-order valence-corrected chi connectivity index (χ3v) is 5.14. The van der Waals surface area contributed by atoms with E-state index in [1.165, 1.54) is 16.6 Å². The monoisotopic (exact) mass is 298 g/mol. The number of rotatable bonds is 3. The van der Waals surface area contributed by atoms with Crippen LogP contribution in [0.15, 0.2) is 24.3 Å². The molecule has 0 aliphatic carbocycles. The zero-order valence-electron chi connectivity index (χ0n) is 13.0. The van der Waals surface area contributed by atoms with Crippen LogP contribution in [0.4, 0.5) is 0 Å². The van der Waals surface area contributed by atoms with Gasteiger partial charge in [0.15, 0.2) is 0 Å². The molecule has 0 spiro atoms. The van der Waals surface area contributed by atoms with Gasteiger partial charge >= 0.3 is 0 Å². The van der Waals surface area contributed by atoms with Gasteiger partial charge in [-0.2, -0.15) is 0 Å². The van der Waals surface area contributed by atoms with Crippen molar-refractivity contribution in [3.63, 3.8) is 0 Å². The average Bonchev–Trinajstić information content (AvgIpc) is 2.86. The van der Waals surface area contributed by atoms with E-state index in [9.17, 15) is 9.90 Å². The van der Waals surface area contributed by atoms with E-state index in [0.29, 0.717) is 12.5 Å². The van der Waals surface area contributed by atoms with Crippen molar-refractivity contribution >= 4 is 16.8 Å². The third-order valence-electron chi connectivity index (χ3n) is 5.14. The zero-order valence-corrected chi connectivity index (χ0v) is 13.0. The lowest BCUT2D eigenvalue weighted by Crippen LogP contribution is -2.41. The first-order valence-corrected chi connectivity index (χ1v) is 8.24. The molecule has 2 atom stereocenters. The fourth-order valence-electron chi connectivity index (χ4n) is 4.10. The van der Waals surface area contributed by atoms with Crippen LogP contribution < -0.4 is 0 Å². The summed E-state index contributed by atoms with van der Waals surface area (Å²) in [5, 5.41) is 10.8. The highest BCUT2D eigenvalue weighted by Gasteiger charge is 2.37. The number of carbonyl (C=O) groups excluding carboxylic acids is 1. The van der Waals surface area contributed by atoms with E-state index in [2.05, 4.69) is 23.1 Å². The highest BCUT2D eigenvalue weighted by molar-refractivity contribution is 5.97. The molecule has 4 rings (SSSR count). The number of aromatic nitrogens is 1. The topological polar surface area (TPSA) is 45.5 Å². The molecule has 22 heavy (non-hydrogen) atoms. The van der Waals surface area contributed by atoms with Gasteiger partial charge in [-0.1, -0.05) is 18.2 Å². The molecule has 0 radical (unpaired) electrons. The summed E-state index contributed by atoms with van der Waals surface area (Å²) in [7, 11) is 0. The van der Waals surface area contributed by atoms with Crippen molar-refractivity contribution < 1.29 is 9.90 Å². The van der Waals surface area contributed by atoms with E-state index in [4.69, 9.17) is 0 Å². The highest BCUT2D eigenvalue weighted by atomic mass is 16.3. The highest BCUT2D eigenvalue weighted by Crippen LogP contribution is 2.42. The van der Waals surface area contributed by atoms with E-state index in [1.54, 1.807) is 0 Å². The van der Waals surface area contributed by atoms with E-state index in [0.717, 1.165) is 37.9 Å². The number of hydrogen-bond acceptors (Lipinski definition) is 3. The van der Waals surface area contributed by atoms with Gasteiger partial charge in [-0.3, -0.25) is 14.3 Å². The van der Waals surface area contributed by atoms with Crippen LogP contribution in [0.3, 0.4) is 0 Å². The Hall–Kier alpha value is -1.65. The van der Waals surface area contributed by atoms with Crippen molar-refractivity contribution in [3.05, 3.63) is 35.5 Å². The predicted octanol–water partition coefficient (Wildman–Crippen LogP) is 2.75. The number of nitrogens with zero attached hydrogens (tertiary/aromatic N) is 2. The maximum atomic E-state index is 12.5. The molecule has 1 aromatic heterocycles. The Kier molecular flexibility index (Phi) is 3.31. The summed E-state index contributed by atoms with van der Waals surface area (Å²) in [6, 6.07) is 8.61. The number of aliphatic hydroxyl groups excluding tert-OH is 1. The molecule has 1 N–H and O–H groups in total. The molecule has 0 bridgehead atoms. The number of carbonyl (C=O) groups is 1. The standard InChI is InChI=1S/C18H22N2O2/c1-12(21)8-10-19-11-9-14-13-4-2-3-5-15(13)20-17(22)7-6-16(19)18(14)20/h2-5,12,16,21H,6-11H2,1H3/t12-,16-/m1/s1. The minimum atomic E-state index is -0.266. The van der Waals surface area contributed by atoms with Crippen LogP contribution in [-0.4, -0.2) is 39.7 Å². The number of hydrogen-bond donors (Lipinski definition) is 1. The average molecular weight is 298 g/mol. The number of para-hydroxylation sites is 1. The van der Waals surface area contributed by atoms with Crippen LogP contribution in [0.25, 0.3) is 10.9 Å². The van der Waals surface area contributed by atoms with E-state index < -0.39 is 0 Å². The van der Waals surface area contributed by atoms with Gasteiger partial charge in [-0.05, 0) is 37.8 Å². The van der Waals surface area contributed by atoms with Crippen molar-refractivity contribution in [3.8, 4) is 0 Å². The summed E-state index contributed by atoms with van der Waals surface area (Å²) in [4.78, 5) is 14.9. The van der Waals surface area contributed by atoms with Crippen LogP contribution in [0.5, 0.6) is 0 Å². The summed E-state index contributed by atoms with van der Waals surface area (Å²) in [6.45, 7) is 3.76. The van der Waals surface area contributed by atoms with Crippen LogP contribution in [-0.2, 0) is 6.42 Å². The Morgan fingerprint density at radius 1 is 1.32 bits per heavy atom. The Labute approximate surface area is 130 Å². The van der Waals surface area contributed by atoms with Crippen LogP contribution >= 0.6 is 0 Å². The maximum absolute atomic E-state index is 12.5. The van der Waals surface area contributed by atoms with Crippen molar-refractivity contribution in [1.82, 2.24) is 9.47 Å². The summed E-state index contributed by atoms with van der Waals surface area (Å²) in [5.74, 6) is 0.228. The Morgan fingerprint density at radius 2 is 2.14 bits per heavy atom. The van der Waals surface area contributed by atoms with Crippen LogP contribution in [0, 0.1) is 0 Å². The molecular formula is C18H22N2O2. The molecule has 1 aromatic carbocycles. The van der Waals surface area contributed by atoms with Gasteiger partial charge < -0.3 is 5.11 Å². The lowest BCUT2D eigenvalue weighted by Gasteiger charge is -2.39. The van der Waals surface area contributed by atoms with Gasteiger partial charge in [0.05, 0.1) is 17.7 Å². The van der Waals surface area contributed by atoms with Crippen LogP contribution in [0.1, 0.15) is 48.3 Å². The number of benzene rings is 1. The molecule has 0 saturated heterocycles. The largest absolute Gasteiger partial charge is 0.393 e. The number of fused-ring (bicyclic) bond motifs is 3. The molecule has 116 valence electrons. The molecule has 0 amide bonds. The van der Waals surface area contributed by atoms with E-state index in [-0.39, 0.29) is 12.0 Å². The summed E-state index contributed by atoms with van der Waals surface area (Å²) >= 11 is 0. The molecule has 3 heterocycles. The van der Waals surface area contributed by atoms with Crippen molar-refractivity contribution in [2.45, 2.75) is 44.8 Å². The van der Waals surface area contributed by atoms with Gasteiger partial charge in [0, 0.05) is 30.6 Å². The van der Waals surface area contributed by atoms with Gasteiger partial charge in [0.1, 0.15) is 0 Å². The Balaban J connectivity index is 1.82. The molecule has 4 nitrogen and oxygen atoms in total. The normalized spacial score (nSPS) is 22.8. The van der Waals surface area contributed by atoms with Gasteiger partial charge in [-0.25, -0.2) is 0 Å². The molecule has 0 unspecified atom stereocenters. The van der Waals surface area contributed by atoms with Crippen molar-refractivity contribution in [2.75, 3.05) is 13.1 Å². The SMILES string of the molecule is C[C@@H](O)CCN1CCc2c3n(c4ccccc24)C(=O)CC[C@H]31. The first-order chi connectivity index (χ1) is 10.7. The second-order valence-electron chi connectivity index (χ2n) is 6.59. The minimum Gasteiger partial charge on any atom is -0.393 e. The lowest BCUT2D eigenvalue weighted by atomic mass is 9.92. The van der Waals surface area contributed by atoms with Gasteiger partial charge in [0.2, 0.25) is 5.91 Å². The minimum absolute atomic E-state index is 0.228. The smallest absolute Gasteiger partial charge is 0.231 e. The molecular weight excluding hydrogens is 276 g/mol. The van der Waals surface area contributed by atoms with Crippen LogP contribution in [0.2, 0.25) is 0 Å².